The molecule has 6 heteroatoms. The number of H-pyrrole nitrogens is 1. The Kier molecular flexibility index (Phi) is 2.31. The Morgan fingerprint density at radius 3 is 2.67 bits per heavy atom. The van der Waals surface area contributed by atoms with Crippen molar-refractivity contribution < 1.29 is 9.63 Å². The molecule has 0 radical (unpaired) electrons. The zero-order valence-electron chi connectivity index (χ0n) is 4.27. The van der Waals surface area contributed by atoms with Gasteiger partial charge in [0.05, 0.1) is 6.20 Å². The summed E-state index contributed by atoms with van der Waals surface area (Å²) < 4.78 is 0. The van der Waals surface area contributed by atoms with Gasteiger partial charge in [0.25, 0.3) is 0 Å². The van der Waals surface area contributed by atoms with E-state index in [1.54, 1.807) is 0 Å². The lowest BCUT2D eigenvalue weighted by atomic mass is 11.0. The number of nitrogens with zero attached hydrogens (tertiary/aromatic N) is 2. The molecule has 0 bridgehead atoms. The van der Waals surface area contributed by atoms with Crippen molar-refractivity contribution in [2.24, 2.45) is 0 Å². The number of aromatic amines is 1. The second kappa shape index (κ2) is 2.75. The number of imidazole rings is 1. The van der Waals surface area contributed by atoms with Gasteiger partial charge in [-0.3, -0.25) is 4.70 Å². The zero-order chi connectivity index (χ0) is 5.98. The van der Waals surface area contributed by atoms with Crippen LogP contribution in [0.3, 0.4) is 0 Å². The molecule has 1 aromatic rings. The van der Waals surface area contributed by atoms with E-state index in [0.717, 1.165) is 0 Å². The SMILES string of the molecule is F.O=[N+]([O-])c1ncc[nH]1. The Morgan fingerprint density at radius 2 is 2.44 bits per heavy atom. The number of hydrogen-bond acceptors (Lipinski definition) is 3. The van der Waals surface area contributed by atoms with E-state index in [1.807, 2.05) is 0 Å². The van der Waals surface area contributed by atoms with Gasteiger partial charge in [0.2, 0.25) is 0 Å². The van der Waals surface area contributed by atoms with Gasteiger partial charge in [-0.1, -0.05) is 4.98 Å². The van der Waals surface area contributed by atoms with E-state index in [2.05, 4.69) is 9.97 Å². The number of rotatable bonds is 1. The maximum atomic E-state index is 9.77. The molecular formula is C3H4FN3O2. The van der Waals surface area contributed by atoms with Gasteiger partial charge < -0.3 is 10.1 Å². The molecule has 0 aliphatic carbocycles. The van der Waals surface area contributed by atoms with E-state index in [4.69, 9.17) is 0 Å². The number of halogens is 1. The van der Waals surface area contributed by atoms with Crippen LogP contribution in [0.5, 0.6) is 0 Å². The molecule has 1 aromatic heterocycles. The quantitative estimate of drug-likeness (QED) is 0.447. The fourth-order valence-electron chi connectivity index (χ4n) is 0.357. The van der Waals surface area contributed by atoms with Crippen molar-refractivity contribution in [1.82, 2.24) is 9.97 Å². The fourth-order valence-corrected chi connectivity index (χ4v) is 0.357. The summed E-state index contributed by atoms with van der Waals surface area (Å²) in [6, 6.07) is 0. The highest BCUT2D eigenvalue weighted by Crippen LogP contribution is 1.96. The first-order valence-corrected chi connectivity index (χ1v) is 1.94. The van der Waals surface area contributed by atoms with Crippen molar-refractivity contribution in [3.63, 3.8) is 0 Å². The molecule has 0 fully saturated rings. The van der Waals surface area contributed by atoms with E-state index in [1.165, 1.54) is 12.4 Å². The summed E-state index contributed by atoms with van der Waals surface area (Å²) in [4.78, 5) is 14.9. The lowest BCUT2D eigenvalue weighted by Gasteiger charge is -1.83. The molecular weight excluding hydrogens is 129 g/mol. The van der Waals surface area contributed by atoms with E-state index in [9.17, 15) is 10.1 Å². The van der Waals surface area contributed by atoms with Gasteiger partial charge >= 0.3 is 5.95 Å². The molecule has 1 N–H and O–H groups in total. The molecule has 0 aromatic carbocycles. The molecule has 0 unspecified atom stereocenters. The van der Waals surface area contributed by atoms with Crippen molar-refractivity contribution in [1.29, 1.82) is 0 Å². The molecule has 50 valence electrons. The van der Waals surface area contributed by atoms with E-state index in [-0.39, 0.29) is 10.7 Å². The number of aromatic nitrogens is 2. The summed E-state index contributed by atoms with van der Waals surface area (Å²) in [5.74, 6) is -0.218. The van der Waals surface area contributed by atoms with Crippen LogP contribution in [0, 0.1) is 10.1 Å². The van der Waals surface area contributed by atoms with Crippen molar-refractivity contribution in [2.45, 2.75) is 0 Å². The Labute approximate surface area is 49.2 Å². The molecule has 0 aliphatic heterocycles. The van der Waals surface area contributed by atoms with Crippen LogP contribution in [0.2, 0.25) is 0 Å². The Bertz CT molecular complexity index is 185. The Morgan fingerprint density at radius 1 is 1.78 bits per heavy atom. The fraction of sp³-hybridized carbons (Fsp3) is 0. The monoisotopic (exact) mass is 133 g/mol. The number of nitro groups is 1. The highest BCUT2D eigenvalue weighted by Gasteiger charge is 2.01. The minimum atomic E-state index is -0.583. The predicted molar refractivity (Wildman–Crippen MR) is 27.7 cm³/mol. The van der Waals surface area contributed by atoms with Gasteiger partial charge in [-0.2, -0.15) is 0 Å². The van der Waals surface area contributed by atoms with Gasteiger partial charge in [-0.25, -0.2) is 4.98 Å². The van der Waals surface area contributed by atoms with Gasteiger partial charge in [0.15, 0.2) is 0 Å². The molecule has 0 saturated heterocycles. The summed E-state index contributed by atoms with van der Waals surface area (Å²) in [5.41, 5.74) is 0. The van der Waals surface area contributed by atoms with Gasteiger partial charge in [0.1, 0.15) is 6.20 Å². The minimum absolute atomic E-state index is 0. The summed E-state index contributed by atoms with van der Waals surface area (Å²) in [6.07, 6.45) is 2.73. The average Bonchev–Trinajstić information content (AvgIpc) is 2.12. The van der Waals surface area contributed by atoms with Gasteiger partial charge in [0, 0.05) is 0 Å². The maximum absolute atomic E-state index is 9.77. The molecule has 1 heterocycles. The van der Waals surface area contributed by atoms with E-state index < -0.39 is 4.92 Å². The van der Waals surface area contributed by atoms with Crippen LogP contribution in [0.25, 0.3) is 0 Å². The average molecular weight is 133 g/mol. The van der Waals surface area contributed by atoms with E-state index >= 15 is 0 Å². The lowest BCUT2D eigenvalue weighted by molar-refractivity contribution is -0.393. The van der Waals surface area contributed by atoms with Crippen molar-refractivity contribution in [3.8, 4) is 0 Å². The van der Waals surface area contributed by atoms with Crippen LogP contribution in [-0.4, -0.2) is 14.9 Å². The summed E-state index contributed by atoms with van der Waals surface area (Å²) in [5, 5.41) is 9.77. The normalized spacial score (nSPS) is 8.00. The largest absolute Gasteiger partial charge is 0.432 e. The zero-order valence-corrected chi connectivity index (χ0v) is 4.27. The Hall–Kier alpha value is -1.46. The van der Waals surface area contributed by atoms with Crippen LogP contribution < -0.4 is 0 Å². The lowest BCUT2D eigenvalue weighted by Crippen LogP contribution is -1.88. The molecule has 1 rings (SSSR count). The van der Waals surface area contributed by atoms with Crippen molar-refractivity contribution in [3.05, 3.63) is 22.5 Å². The summed E-state index contributed by atoms with van der Waals surface area (Å²) in [6.45, 7) is 0. The van der Waals surface area contributed by atoms with Crippen LogP contribution in [0.4, 0.5) is 10.7 Å². The maximum Gasteiger partial charge on any atom is 0.432 e. The summed E-state index contributed by atoms with van der Waals surface area (Å²) in [7, 11) is 0. The second-order valence-electron chi connectivity index (χ2n) is 1.17. The topological polar surface area (TPSA) is 71.8 Å². The van der Waals surface area contributed by atoms with Crippen molar-refractivity contribution in [2.75, 3.05) is 0 Å². The molecule has 0 spiro atoms. The Balaban J connectivity index is 0.000000640. The highest BCUT2D eigenvalue weighted by molar-refractivity contribution is 5.00. The standard InChI is InChI=1S/C3H3N3O2.FH/c7-6(8)3-4-1-2-5-3;/h1-2H,(H,4,5);1H. The third-order valence-corrected chi connectivity index (χ3v) is 0.657. The molecule has 0 aliphatic rings. The number of hydrogen-bond donors (Lipinski definition) is 1. The first kappa shape index (κ1) is 7.54. The number of nitrogens with one attached hydrogen (secondary N) is 1. The molecule has 5 nitrogen and oxygen atoms in total. The molecule has 9 heavy (non-hydrogen) atoms. The smallest absolute Gasteiger partial charge is 0.390 e. The van der Waals surface area contributed by atoms with Crippen LogP contribution in [0.15, 0.2) is 12.4 Å². The van der Waals surface area contributed by atoms with Crippen LogP contribution in [0.1, 0.15) is 0 Å². The van der Waals surface area contributed by atoms with E-state index in [0.29, 0.717) is 0 Å². The summed E-state index contributed by atoms with van der Waals surface area (Å²) >= 11 is 0. The van der Waals surface area contributed by atoms with Gasteiger partial charge in [-0.15, -0.1) is 0 Å². The van der Waals surface area contributed by atoms with Crippen LogP contribution >= 0.6 is 0 Å². The predicted octanol–water partition coefficient (Wildman–Crippen LogP) is 0.470. The second-order valence-corrected chi connectivity index (χ2v) is 1.17. The molecule has 0 amide bonds. The van der Waals surface area contributed by atoms with Crippen molar-refractivity contribution >= 4 is 5.95 Å². The first-order chi connectivity index (χ1) is 3.80. The molecule has 0 atom stereocenters. The van der Waals surface area contributed by atoms with Crippen LogP contribution in [-0.2, 0) is 0 Å². The molecule has 0 saturated carbocycles. The van der Waals surface area contributed by atoms with Gasteiger partial charge in [-0.05, 0) is 4.92 Å². The minimum Gasteiger partial charge on any atom is -0.390 e. The third kappa shape index (κ3) is 1.48. The highest BCUT2D eigenvalue weighted by atomic mass is 19.0. The first-order valence-electron chi connectivity index (χ1n) is 1.94. The third-order valence-electron chi connectivity index (χ3n) is 0.657.